The Labute approximate surface area is 135 Å². The Morgan fingerprint density at radius 1 is 1.39 bits per heavy atom. The van der Waals surface area contributed by atoms with Crippen LogP contribution in [0.5, 0.6) is 0 Å². The van der Waals surface area contributed by atoms with E-state index >= 15 is 0 Å². The molecular weight excluding hydrogens is 292 g/mol. The summed E-state index contributed by atoms with van der Waals surface area (Å²) in [4.78, 5) is 20.3. The quantitative estimate of drug-likeness (QED) is 0.852. The summed E-state index contributed by atoms with van der Waals surface area (Å²) in [6.07, 6.45) is 4.22. The number of nitrogens with zero attached hydrogens (tertiary/aromatic N) is 3. The molecule has 6 heteroatoms. The molecule has 1 atom stereocenters. The van der Waals surface area contributed by atoms with E-state index in [9.17, 15) is 4.79 Å². The van der Waals surface area contributed by atoms with Gasteiger partial charge in [0.15, 0.2) is 0 Å². The second kappa shape index (κ2) is 6.88. The molecule has 1 N–H and O–H groups in total. The van der Waals surface area contributed by atoms with Crippen molar-refractivity contribution in [3.8, 4) is 6.07 Å². The van der Waals surface area contributed by atoms with Crippen LogP contribution in [0.2, 0.25) is 0 Å². The van der Waals surface area contributed by atoms with Gasteiger partial charge >= 0.3 is 5.97 Å². The highest BCUT2D eigenvalue weighted by atomic mass is 16.5. The molecular formula is C17H18N4O2. The highest BCUT2D eigenvalue weighted by molar-refractivity contribution is 5.90. The number of carbonyl (C=O) groups excluding carboxylic acids is 1. The zero-order valence-corrected chi connectivity index (χ0v) is 13.3. The summed E-state index contributed by atoms with van der Waals surface area (Å²) >= 11 is 0. The standard InChI is InChI=1S/C17H18N4O2/c1-12(17(2,3)11-18)23-16(22)13-5-4-6-14(9-13)21-15-10-19-7-8-20-15/h4-10,12H,1-3H3,(H,20,21)/t12-/m1/s1. The van der Waals surface area contributed by atoms with E-state index in [1.807, 2.05) is 6.07 Å². The number of hydrogen-bond acceptors (Lipinski definition) is 6. The zero-order chi connectivity index (χ0) is 16.9. The largest absolute Gasteiger partial charge is 0.457 e. The molecule has 118 valence electrons. The minimum absolute atomic E-state index is 0.402. The molecule has 1 heterocycles. The third-order valence-electron chi connectivity index (χ3n) is 3.52. The molecule has 0 saturated carbocycles. The summed E-state index contributed by atoms with van der Waals surface area (Å²) in [5.74, 6) is 0.112. The number of nitrogens with one attached hydrogen (secondary N) is 1. The third kappa shape index (κ3) is 4.27. The summed E-state index contributed by atoms with van der Waals surface area (Å²) in [7, 11) is 0. The fraction of sp³-hybridized carbons (Fsp3) is 0.294. The number of esters is 1. The van der Waals surface area contributed by atoms with Crippen LogP contribution in [-0.2, 0) is 4.74 Å². The van der Waals surface area contributed by atoms with Gasteiger partial charge in [-0.15, -0.1) is 0 Å². The van der Waals surface area contributed by atoms with Crippen molar-refractivity contribution in [1.29, 1.82) is 5.26 Å². The van der Waals surface area contributed by atoms with Gasteiger partial charge in [0.05, 0.1) is 23.2 Å². The van der Waals surface area contributed by atoms with Crippen LogP contribution in [0.15, 0.2) is 42.9 Å². The first kappa shape index (κ1) is 16.4. The number of ether oxygens (including phenoxy) is 1. The lowest BCUT2D eigenvalue weighted by molar-refractivity contribution is 0.0129. The highest BCUT2D eigenvalue weighted by Gasteiger charge is 2.29. The molecule has 0 saturated heterocycles. The van der Waals surface area contributed by atoms with E-state index in [1.54, 1.807) is 57.6 Å². The van der Waals surface area contributed by atoms with E-state index in [0.717, 1.165) is 0 Å². The second-order valence-electron chi connectivity index (χ2n) is 5.68. The van der Waals surface area contributed by atoms with E-state index in [4.69, 9.17) is 10.00 Å². The SMILES string of the molecule is C[C@@H](OC(=O)c1cccc(Nc2cnccn2)c1)C(C)(C)C#N. The molecule has 0 bridgehead atoms. The Bertz CT molecular complexity index is 723. The van der Waals surface area contributed by atoms with Crippen molar-refractivity contribution in [3.05, 3.63) is 48.4 Å². The molecule has 0 aliphatic heterocycles. The van der Waals surface area contributed by atoms with Gasteiger partial charge in [-0.05, 0) is 39.0 Å². The molecule has 0 aliphatic carbocycles. The van der Waals surface area contributed by atoms with Crippen molar-refractivity contribution in [1.82, 2.24) is 9.97 Å². The molecule has 0 unspecified atom stereocenters. The maximum absolute atomic E-state index is 12.2. The lowest BCUT2D eigenvalue weighted by Gasteiger charge is -2.24. The second-order valence-corrected chi connectivity index (χ2v) is 5.68. The smallest absolute Gasteiger partial charge is 0.338 e. The van der Waals surface area contributed by atoms with Gasteiger partial charge < -0.3 is 10.1 Å². The molecule has 0 radical (unpaired) electrons. The van der Waals surface area contributed by atoms with Crippen molar-refractivity contribution in [2.75, 3.05) is 5.32 Å². The van der Waals surface area contributed by atoms with Crippen LogP contribution in [0.25, 0.3) is 0 Å². The van der Waals surface area contributed by atoms with Crippen LogP contribution in [0.1, 0.15) is 31.1 Å². The topological polar surface area (TPSA) is 87.9 Å². The normalized spacial score (nSPS) is 12.1. The molecule has 2 aromatic rings. The van der Waals surface area contributed by atoms with Gasteiger partial charge in [0.25, 0.3) is 0 Å². The molecule has 0 spiro atoms. The Morgan fingerprint density at radius 2 is 2.17 bits per heavy atom. The summed E-state index contributed by atoms with van der Waals surface area (Å²) in [6.45, 7) is 5.18. The van der Waals surface area contributed by atoms with Crippen molar-refractivity contribution in [2.24, 2.45) is 5.41 Å². The van der Waals surface area contributed by atoms with Crippen LogP contribution >= 0.6 is 0 Å². The third-order valence-corrected chi connectivity index (χ3v) is 3.52. The van der Waals surface area contributed by atoms with Crippen LogP contribution in [0.4, 0.5) is 11.5 Å². The molecule has 2 rings (SSSR count). The number of aromatic nitrogens is 2. The van der Waals surface area contributed by atoms with Crippen molar-refractivity contribution in [3.63, 3.8) is 0 Å². The van der Waals surface area contributed by atoms with Gasteiger partial charge in [-0.25, -0.2) is 9.78 Å². The first-order valence-corrected chi connectivity index (χ1v) is 7.18. The van der Waals surface area contributed by atoms with Crippen molar-refractivity contribution in [2.45, 2.75) is 26.9 Å². The fourth-order valence-corrected chi connectivity index (χ4v) is 1.70. The van der Waals surface area contributed by atoms with Crippen LogP contribution in [-0.4, -0.2) is 22.0 Å². The molecule has 1 aromatic heterocycles. The number of rotatable bonds is 5. The number of nitriles is 1. The van der Waals surface area contributed by atoms with E-state index in [2.05, 4.69) is 21.4 Å². The Morgan fingerprint density at radius 3 is 2.83 bits per heavy atom. The van der Waals surface area contributed by atoms with E-state index in [-0.39, 0.29) is 0 Å². The minimum Gasteiger partial charge on any atom is -0.457 e. The van der Waals surface area contributed by atoms with E-state index in [1.165, 1.54) is 0 Å². The van der Waals surface area contributed by atoms with Gasteiger partial charge in [-0.1, -0.05) is 6.07 Å². The summed E-state index contributed by atoms with van der Waals surface area (Å²) < 4.78 is 5.38. The Balaban J connectivity index is 2.10. The zero-order valence-electron chi connectivity index (χ0n) is 13.3. The van der Waals surface area contributed by atoms with Crippen molar-refractivity contribution < 1.29 is 9.53 Å². The average Bonchev–Trinajstić information content (AvgIpc) is 2.56. The van der Waals surface area contributed by atoms with Gasteiger partial charge in [0.1, 0.15) is 11.9 Å². The number of carbonyl (C=O) groups is 1. The summed E-state index contributed by atoms with van der Waals surface area (Å²) in [5, 5.41) is 12.2. The summed E-state index contributed by atoms with van der Waals surface area (Å²) in [6, 6.07) is 9.03. The van der Waals surface area contributed by atoms with Crippen LogP contribution in [0.3, 0.4) is 0 Å². The first-order chi connectivity index (χ1) is 10.9. The maximum atomic E-state index is 12.2. The predicted molar refractivity (Wildman–Crippen MR) is 86.0 cm³/mol. The van der Waals surface area contributed by atoms with Gasteiger partial charge in [-0.3, -0.25) is 4.98 Å². The molecule has 0 aliphatic rings. The number of benzene rings is 1. The predicted octanol–water partition coefficient (Wildman–Crippen LogP) is 3.32. The van der Waals surface area contributed by atoms with Crippen molar-refractivity contribution >= 4 is 17.5 Å². The average molecular weight is 310 g/mol. The van der Waals surface area contributed by atoms with Gasteiger partial charge in [0.2, 0.25) is 0 Å². The molecule has 23 heavy (non-hydrogen) atoms. The first-order valence-electron chi connectivity index (χ1n) is 7.18. The van der Waals surface area contributed by atoms with E-state index in [0.29, 0.717) is 17.1 Å². The highest BCUT2D eigenvalue weighted by Crippen LogP contribution is 2.23. The minimum atomic E-state index is -0.745. The lowest BCUT2D eigenvalue weighted by Crippen LogP contribution is -2.30. The van der Waals surface area contributed by atoms with Gasteiger partial charge in [0, 0.05) is 18.1 Å². The van der Waals surface area contributed by atoms with Crippen LogP contribution < -0.4 is 5.32 Å². The Hall–Kier alpha value is -2.94. The lowest BCUT2D eigenvalue weighted by atomic mass is 9.89. The maximum Gasteiger partial charge on any atom is 0.338 e. The number of hydrogen-bond donors (Lipinski definition) is 1. The molecule has 0 amide bonds. The van der Waals surface area contributed by atoms with E-state index < -0.39 is 17.5 Å². The number of anilines is 2. The Kier molecular flexibility index (Phi) is 4.91. The molecule has 6 nitrogen and oxygen atoms in total. The fourth-order valence-electron chi connectivity index (χ4n) is 1.70. The van der Waals surface area contributed by atoms with Crippen LogP contribution in [0, 0.1) is 16.7 Å². The molecule has 0 fully saturated rings. The molecule has 1 aromatic carbocycles. The van der Waals surface area contributed by atoms with Gasteiger partial charge in [-0.2, -0.15) is 5.26 Å². The monoisotopic (exact) mass is 310 g/mol. The summed E-state index contributed by atoms with van der Waals surface area (Å²) in [5.41, 5.74) is 0.358.